The van der Waals surface area contributed by atoms with Crippen molar-refractivity contribution in [2.45, 2.75) is 6.61 Å². The van der Waals surface area contributed by atoms with Crippen molar-refractivity contribution in [1.82, 2.24) is 4.98 Å². The molecule has 35 heavy (non-hydrogen) atoms. The van der Waals surface area contributed by atoms with Gasteiger partial charge in [0.25, 0.3) is 5.91 Å². The Morgan fingerprint density at radius 1 is 0.943 bits per heavy atom. The van der Waals surface area contributed by atoms with Gasteiger partial charge < -0.3 is 9.47 Å². The van der Waals surface area contributed by atoms with E-state index in [1.807, 2.05) is 18.2 Å². The highest BCUT2D eigenvalue weighted by Gasteiger charge is 2.17. The van der Waals surface area contributed by atoms with Crippen LogP contribution in [0.1, 0.15) is 15.9 Å². The summed E-state index contributed by atoms with van der Waals surface area (Å²) in [6, 6.07) is 18.9. The first-order valence-corrected chi connectivity index (χ1v) is 12.2. The average Bonchev–Trinajstić information content (AvgIpc) is 3.30. The van der Waals surface area contributed by atoms with Crippen molar-refractivity contribution in [2.75, 3.05) is 11.9 Å². The van der Waals surface area contributed by atoms with Gasteiger partial charge in [0.2, 0.25) is 0 Å². The topological polar surface area (TPSA) is 77.5 Å². The lowest BCUT2D eigenvalue weighted by molar-refractivity contribution is -0.119. The molecule has 178 valence electrons. The molecule has 0 radical (unpaired) electrons. The number of ether oxygens (including phenoxy) is 2. The molecule has 4 aromatic rings. The van der Waals surface area contributed by atoms with Crippen LogP contribution in [0, 0.1) is 0 Å². The zero-order chi connectivity index (χ0) is 24.8. The summed E-state index contributed by atoms with van der Waals surface area (Å²) in [6.07, 6.45) is 0. The van der Waals surface area contributed by atoms with Crippen LogP contribution in [-0.4, -0.2) is 23.5 Å². The summed E-state index contributed by atoms with van der Waals surface area (Å²) in [5.41, 5.74) is 2.28. The lowest BCUT2D eigenvalue weighted by Gasteiger charge is -2.12. The standard InChI is InChI=1S/C25H17Cl3N2O4S/c26-16-10-9-15(20(28)11-16)12-33-22-8-4-2-6-18(22)24(32)34-13-23(31)30-25-29-21(14-35-25)17-5-1-3-7-19(17)27/h1-11,14H,12-13H2,(H,29,30,31). The first-order chi connectivity index (χ1) is 16.9. The highest BCUT2D eigenvalue weighted by Crippen LogP contribution is 2.30. The number of nitrogens with one attached hydrogen (secondary N) is 1. The van der Waals surface area contributed by atoms with Gasteiger partial charge in [-0.05, 0) is 30.3 Å². The Morgan fingerprint density at radius 3 is 2.51 bits per heavy atom. The summed E-state index contributed by atoms with van der Waals surface area (Å²) < 4.78 is 11.0. The summed E-state index contributed by atoms with van der Waals surface area (Å²) in [5.74, 6) is -0.924. The van der Waals surface area contributed by atoms with Gasteiger partial charge in [-0.2, -0.15) is 0 Å². The smallest absolute Gasteiger partial charge is 0.342 e. The summed E-state index contributed by atoms with van der Waals surface area (Å²) >= 11 is 19.5. The number of carbonyl (C=O) groups excluding carboxylic acids is 2. The molecule has 0 saturated carbocycles. The van der Waals surface area contributed by atoms with E-state index in [2.05, 4.69) is 10.3 Å². The molecule has 0 aliphatic carbocycles. The summed E-state index contributed by atoms with van der Waals surface area (Å²) in [4.78, 5) is 29.3. The van der Waals surface area contributed by atoms with E-state index >= 15 is 0 Å². The second-order valence-electron chi connectivity index (χ2n) is 7.16. The number of anilines is 1. The van der Waals surface area contributed by atoms with Crippen molar-refractivity contribution in [3.05, 3.63) is 98.3 Å². The summed E-state index contributed by atoms with van der Waals surface area (Å²) in [6.45, 7) is -0.365. The highest BCUT2D eigenvalue weighted by atomic mass is 35.5. The number of rotatable bonds is 8. The van der Waals surface area contributed by atoms with Crippen molar-refractivity contribution in [2.24, 2.45) is 0 Å². The molecule has 0 spiro atoms. The number of aromatic nitrogens is 1. The van der Waals surface area contributed by atoms with Gasteiger partial charge >= 0.3 is 5.97 Å². The van der Waals surface area contributed by atoms with Crippen LogP contribution in [-0.2, 0) is 16.1 Å². The number of amides is 1. The molecule has 0 aliphatic rings. The maximum Gasteiger partial charge on any atom is 0.342 e. The Hall–Kier alpha value is -3.10. The zero-order valence-corrected chi connectivity index (χ0v) is 21.0. The number of benzene rings is 3. The van der Waals surface area contributed by atoms with Gasteiger partial charge in [-0.3, -0.25) is 10.1 Å². The number of hydrogen-bond acceptors (Lipinski definition) is 6. The van der Waals surface area contributed by atoms with Crippen LogP contribution < -0.4 is 10.1 Å². The van der Waals surface area contributed by atoms with Gasteiger partial charge in [-0.15, -0.1) is 11.3 Å². The molecule has 4 rings (SSSR count). The Morgan fingerprint density at radius 2 is 1.71 bits per heavy atom. The Bertz CT molecular complexity index is 1380. The van der Waals surface area contributed by atoms with Crippen LogP contribution in [0.3, 0.4) is 0 Å². The molecular formula is C25H17Cl3N2O4S. The summed E-state index contributed by atoms with van der Waals surface area (Å²) in [7, 11) is 0. The highest BCUT2D eigenvalue weighted by molar-refractivity contribution is 7.14. The minimum atomic E-state index is -0.700. The number of para-hydroxylation sites is 1. The number of hydrogen-bond donors (Lipinski definition) is 1. The predicted octanol–water partition coefficient (Wildman–Crippen LogP) is 7.14. The third-order valence-electron chi connectivity index (χ3n) is 4.74. The zero-order valence-electron chi connectivity index (χ0n) is 18.0. The fraction of sp³-hybridized carbons (Fsp3) is 0.0800. The predicted molar refractivity (Wildman–Crippen MR) is 139 cm³/mol. The van der Waals surface area contributed by atoms with E-state index in [-0.39, 0.29) is 12.2 Å². The van der Waals surface area contributed by atoms with Crippen molar-refractivity contribution < 1.29 is 19.1 Å². The minimum absolute atomic E-state index is 0.124. The normalized spacial score (nSPS) is 10.6. The molecule has 3 aromatic carbocycles. The lowest BCUT2D eigenvalue weighted by atomic mass is 10.2. The lowest BCUT2D eigenvalue weighted by Crippen LogP contribution is -2.21. The van der Waals surface area contributed by atoms with E-state index in [0.717, 1.165) is 5.56 Å². The molecule has 1 amide bonds. The molecule has 0 fully saturated rings. The molecule has 0 atom stereocenters. The van der Waals surface area contributed by atoms with E-state index < -0.39 is 18.5 Å². The fourth-order valence-electron chi connectivity index (χ4n) is 3.04. The van der Waals surface area contributed by atoms with Gasteiger partial charge in [-0.25, -0.2) is 9.78 Å². The molecule has 0 unspecified atom stereocenters. The summed E-state index contributed by atoms with van der Waals surface area (Å²) in [5, 5.41) is 6.29. The molecule has 0 aliphatic heterocycles. The van der Waals surface area contributed by atoms with Crippen LogP contribution >= 0.6 is 46.1 Å². The Balaban J connectivity index is 1.34. The number of thiazole rings is 1. The Labute approximate surface area is 220 Å². The number of halogens is 3. The van der Waals surface area contributed by atoms with Crippen LogP contribution in [0.15, 0.2) is 72.1 Å². The maximum absolute atomic E-state index is 12.6. The molecule has 0 saturated heterocycles. The fourth-order valence-corrected chi connectivity index (χ4v) is 4.47. The van der Waals surface area contributed by atoms with Gasteiger partial charge in [0.1, 0.15) is 17.9 Å². The van der Waals surface area contributed by atoms with Crippen LogP contribution in [0.2, 0.25) is 15.1 Å². The SMILES string of the molecule is O=C(COC(=O)c1ccccc1OCc1ccc(Cl)cc1Cl)Nc1nc(-c2ccccc2Cl)cs1. The van der Waals surface area contributed by atoms with E-state index in [9.17, 15) is 9.59 Å². The molecular weight excluding hydrogens is 531 g/mol. The van der Waals surface area contributed by atoms with E-state index in [0.29, 0.717) is 37.2 Å². The third-order valence-corrected chi connectivity index (χ3v) is 6.41. The van der Waals surface area contributed by atoms with Crippen LogP contribution in [0.25, 0.3) is 11.3 Å². The quantitative estimate of drug-likeness (QED) is 0.237. The maximum atomic E-state index is 12.6. The molecule has 6 nitrogen and oxygen atoms in total. The van der Waals surface area contributed by atoms with E-state index in [1.165, 1.54) is 11.3 Å². The van der Waals surface area contributed by atoms with Gasteiger partial charge in [0, 0.05) is 31.6 Å². The molecule has 1 aromatic heterocycles. The number of esters is 1. The van der Waals surface area contributed by atoms with Gasteiger partial charge in [0.05, 0.1) is 5.69 Å². The van der Waals surface area contributed by atoms with Crippen LogP contribution in [0.5, 0.6) is 5.75 Å². The van der Waals surface area contributed by atoms with Crippen LogP contribution in [0.4, 0.5) is 5.13 Å². The van der Waals surface area contributed by atoms with Crippen molar-refractivity contribution in [1.29, 1.82) is 0 Å². The van der Waals surface area contributed by atoms with E-state index in [1.54, 1.807) is 53.9 Å². The Kier molecular flexibility index (Phi) is 8.25. The number of nitrogens with zero attached hydrogens (tertiary/aromatic N) is 1. The van der Waals surface area contributed by atoms with Crippen molar-refractivity contribution in [3.63, 3.8) is 0 Å². The molecule has 10 heteroatoms. The van der Waals surface area contributed by atoms with Gasteiger partial charge in [-0.1, -0.05) is 71.2 Å². The first-order valence-electron chi connectivity index (χ1n) is 10.2. The molecule has 1 N–H and O–H groups in total. The second kappa shape index (κ2) is 11.6. The van der Waals surface area contributed by atoms with Crippen molar-refractivity contribution in [3.8, 4) is 17.0 Å². The monoisotopic (exact) mass is 546 g/mol. The second-order valence-corrected chi connectivity index (χ2v) is 9.27. The molecule has 1 heterocycles. The first kappa shape index (κ1) is 25.0. The third kappa shape index (κ3) is 6.52. The van der Waals surface area contributed by atoms with E-state index in [4.69, 9.17) is 44.3 Å². The van der Waals surface area contributed by atoms with Crippen molar-refractivity contribution >= 4 is 63.1 Å². The number of carbonyl (C=O) groups is 2. The van der Waals surface area contributed by atoms with Gasteiger partial charge in [0.15, 0.2) is 11.7 Å². The largest absolute Gasteiger partial charge is 0.488 e. The average molecular weight is 548 g/mol. The molecule has 0 bridgehead atoms. The minimum Gasteiger partial charge on any atom is -0.488 e.